The number of rotatable bonds is 1. The highest BCUT2D eigenvalue weighted by atomic mass is 19.1. The van der Waals surface area contributed by atoms with Crippen molar-refractivity contribution in [2.45, 2.75) is 6.17 Å². The van der Waals surface area contributed by atoms with E-state index < -0.39 is 0 Å². The van der Waals surface area contributed by atoms with Crippen LogP contribution >= 0.6 is 0 Å². The van der Waals surface area contributed by atoms with E-state index in [-0.39, 0.29) is 24.4 Å². The second kappa shape index (κ2) is 3.38. The molecule has 0 saturated carbocycles. The zero-order valence-electron chi connectivity index (χ0n) is 7.83. The summed E-state index contributed by atoms with van der Waals surface area (Å²) in [4.78, 5) is 12.7. The first-order valence-electron chi connectivity index (χ1n) is 4.43. The van der Waals surface area contributed by atoms with Gasteiger partial charge in [0.1, 0.15) is 12.0 Å². The molecule has 0 radical (unpaired) electrons. The van der Waals surface area contributed by atoms with Crippen LogP contribution in [0.15, 0.2) is 24.3 Å². The van der Waals surface area contributed by atoms with Crippen LogP contribution in [0.1, 0.15) is 11.7 Å². The van der Waals surface area contributed by atoms with Gasteiger partial charge < -0.3 is 4.90 Å². The SMILES string of the molecule is CN1C(=O)CNC1c1ccccc1F. The summed E-state index contributed by atoms with van der Waals surface area (Å²) >= 11 is 0. The number of nitrogens with zero attached hydrogens (tertiary/aromatic N) is 1. The zero-order valence-corrected chi connectivity index (χ0v) is 7.83. The molecule has 3 nitrogen and oxygen atoms in total. The Balaban J connectivity index is 2.32. The van der Waals surface area contributed by atoms with Crippen LogP contribution in [0.25, 0.3) is 0 Å². The van der Waals surface area contributed by atoms with E-state index in [0.717, 1.165) is 0 Å². The lowest BCUT2D eigenvalue weighted by molar-refractivity contribution is -0.126. The summed E-state index contributed by atoms with van der Waals surface area (Å²) in [5.41, 5.74) is 0.515. The standard InChI is InChI=1S/C10H11FN2O/c1-13-9(14)6-12-10(13)7-4-2-3-5-8(7)11/h2-5,10,12H,6H2,1H3. The zero-order chi connectivity index (χ0) is 10.1. The molecule has 4 heteroatoms. The Hall–Kier alpha value is -1.42. The number of hydrogen-bond acceptors (Lipinski definition) is 2. The molecule has 1 heterocycles. The highest BCUT2D eigenvalue weighted by Gasteiger charge is 2.29. The van der Waals surface area contributed by atoms with E-state index >= 15 is 0 Å². The summed E-state index contributed by atoms with van der Waals surface area (Å²) in [5, 5.41) is 2.95. The fourth-order valence-corrected chi connectivity index (χ4v) is 1.61. The van der Waals surface area contributed by atoms with Crippen LogP contribution in [0.4, 0.5) is 4.39 Å². The first kappa shape index (κ1) is 9.15. The molecule has 1 amide bonds. The van der Waals surface area contributed by atoms with Crippen LogP contribution in [0.2, 0.25) is 0 Å². The Bertz CT molecular complexity index is 367. The minimum Gasteiger partial charge on any atom is -0.325 e. The maximum atomic E-state index is 13.4. The Morgan fingerprint density at radius 1 is 1.50 bits per heavy atom. The van der Waals surface area contributed by atoms with Gasteiger partial charge in [0.2, 0.25) is 5.91 Å². The third-order valence-corrected chi connectivity index (χ3v) is 2.43. The molecule has 2 rings (SSSR count). The molecule has 1 aromatic rings. The first-order valence-corrected chi connectivity index (χ1v) is 4.43. The monoisotopic (exact) mass is 194 g/mol. The second-order valence-electron chi connectivity index (χ2n) is 3.31. The molecule has 74 valence electrons. The van der Waals surface area contributed by atoms with Crippen LogP contribution in [-0.2, 0) is 4.79 Å². The third kappa shape index (κ3) is 1.37. The smallest absolute Gasteiger partial charge is 0.237 e. The molecule has 0 aliphatic carbocycles. The fourth-order valence-electron chi connectivity index (χ4n) is 1.61. The fraction of sp³-hybridized carbons (Fsp3) is 0.300. The summed E-state index contributed by atoms with van der Waals surface area (Å²) in [6, 6.07) is 6.47. The highest BCUT2D eigenvalue weighted by molar-refractivity contribution is 5.80. The van der Waals surface area contributed by atoms with Crippen molar-refractivity contribution in [2.24, 2.45) is 0 Å². The molecule has 0 spiro atoms. The van der Waals surface area contributed by atoms with Crippen molar-refractivity contribution >= 4 is 5.91 Å². The molecule has 14 heavy (non-hydrogen) atoms. The number of hydrogen-bond donors (Lipinski definition) is 1. The van der Waals surface area contributed by atoms with Crippen LogP contribution in [-0.4, -0.2) is 24.4 Å². The van der Waals surface area contributed by atoms with Crippen molar-refractivity contribution < 1.29 is 9.18 Å². The molecule has 1 aliphatic rings. The molecule has 1 aromatic carbocycles. The number of nitrogens with one attached hydrogen (secondary N) is 1. The summed E-state index contributed by atoms with van der Waals surface area (Å²) in [6.45, 7) is 0.273. The van der Waals surface area contributed by atoms with E-state index in [1.54, 1.807) is 25.2 Å². The van der Waals surface area contributed by atoms with E-state index in [1.807, 2.05) is 0 Å². The van der Waals surface area contributed by atoms with Crippen molar-refractivity contribution in [1.29, 1.82) is 0 Å². The van der Waals surface area contributed by atoms with Gasteiger partial charge in [-0.15, -0.1) is 0 Å². The van der Waals surface area contributed by atoms with Gasteiger partial charge in [-0.2, -0.15) is 0 Å². The predicted molar refractivity (Wildman–Crippen MR) is 49.9 cm³/mol. The van der Waals surface area contributed by atoms with Gasteiger partial charge in [0.15, 0.2) is 0 Å². The second-order valence-corrected chi connectivity index (χ2v) is 3.31. The minimum atomic E-state index is -0.330. The number of carbonyl (C=O) groups is 1. The number of benzene rings is 1. The summed E-state index contributed by atoms with van der Waals surface area (Å²) in [7, 11) is 1.67. The Morgan fingerprint density at radius 3 is 2.79 bits per heavy atom. The van der Waals surface area contributed by atoms with Crippen molar-refractivity contribution in [3.8, 4) is 0 Å². The molecule has 1 fully saturated rings. The summed E-state index contributed by atoms with van der Waals surface area (Å²) in [6.07, 6.45) is -0.330. The van der Waals surface area contributed by atoms with Gasteiger partial charge in [-0.1, -0.05) is 18.2 Å². The predicted octanol–water partition coefficient (Wildman–Crippen LogP) is 0.886. The number of likely N-dealkylation sites (N-methyl/N-ethyl adjacent to an activating group) is 1. The van der Waals surface area contributed by atoms with E-state index in [1.165, 1.54) is 11.0 Å². The Morgan fingerprint density at radius 2 is 2.21 bits per heavy atom. The lowest BCUT2D eigenvalue weighted by Crippen LogP contribution is -2.26. The summed E-state index contributed by atoms with van der Waals surface area (Å²) in [5.74, 6) is -0.301. The maximum absolute atomic E-state index is 13.4. The Kier molecular flexibility index (Phi) is 2.21. The maximum Gasteiger partial charge on any atom is 0.237 e. The normalized spacial score (nSPS) is 21.7. The highest BCUT2D eigenvalue weighted by Crippen LogP contribution is 2.22. The van der Waals surface area contributed by atoms with E-state index in [0.29, 0.717) is 5.56 Å². The molecule has 1 N–H and O–H groups in total. The van der Waals surface area contributed by atoms with Gasteiger partial charge in [-0.3, -0.25) is 10.1 Å². The van der Waals surface area contributed by atoms with Gasteiger partial charge in [0.25, 0.3) is 0 Å². The quantitative estimate of drug-likeness (QED) is 0.720. The van der Waals surface area contributed by atoms with Crippen LogP contribution in [0.3, 0.4) is 0 Å². The third-order valence-electron chi connectivity index (χ3n) is 2.43. The molecule has 1 atom stereocenters. The van der Waals surface area contributed by atoms with Gasteiger partial charge >= 0.3 is 0 Å². The topological polar surface area (TPSA) is 32.3 Å². The molecule has 1 aliphatic heterocycles. The molecule has 0 bridgehead atoms. The van der Waals surface area contributed by atoms with Crippen LogP contribution < -0.4 is 5.32 Å². The molecule has 0 aromatic heterocycles. The largest absolute Gasteiger partial charge is 0.325 e. The van der Waals surface area contributed by atoms with Gasteiger partial charge in [0.05, 0.1) is 6.54 Å². The lowest BCUT2D eigenvalue weighted by Gasteiger charge is -2.20. The number of carbonyl (C=O) groups excluding carboxylic acids is 1. The van der Waals surface area contributed by atoms with Gasteiger partial charge in [0, 0.05) is 12.6 Å². The summed E-state index contributed by atoms with van der Waals surface area (Å²) < 4.78 is 13.4. The van der Waals surface area contributed by atoms with Gasteiger partial charge in [-0.05, 0) is 6.07 Å². The molecular weight excluding hydrogens is 183 g/mol. The average Bonchev–Trinajstić information content (AvgIpc) is 2.49. The van der Waals surface area contributed by atoms with Gasteiger partial charge in [-0.25, -0.2) is 4.39 Å². The number of amides is 1. The first-order chi connectivity index (χ1) is 6.70. The minimum absolute atomic E-state index is 0.0155. The van der Waals surface area contributed by atoms with Crippen molar-refractivity contribution in [3.05, 3.63) is 35.6 Å². The van der Waals surface area contributed by atoms with Crippen LogP contribution in [0, 0.1) is 5.82 Å². The van der Waals surface area contributed by atoms with E-state index in [9.17, 15) is 9.18 Å². The van der Waals surface area contributed by atoms with Crippen LogP contribution in [0.5, 0.6) is 0 Å². The van der Waals surface area contributed by atoms with Crippen molar-refractivity contribution in [1.82, 2.24) is 10.2 Å². The van der Waals surface area contributed by atoms with Crippen molar-refractivity contribution in [2.75, 3.05) is 13.6 Å². The van der Waals surface area contributed by atoms with E-state index in [2.05, 4.69) is 5.32 Å². The lowest BCUT2D eigenvalue weighted by atomic mass is 10.1. The Labute approximate surface area is 81.5 Å². The molecule has 1 unspecified atom stereocenters. The van der Waals surface area contributed by atoms with E-state index in [4.69, 9.17) is 0 Å². The molecule has 1 saturated heterocycles. The molecular formula is C10H11FN2O. The van der Waals surface area contributed by atoms with Crippen molar-refractivity contribution in [3.63, 3.8) is 0 Å². The number of halogens is 1. The average molecular weight is 194 g/mol.